The van der Waals surface area contributed by atoms with Gasteiger partial charge in [-0.3, -0.25) is 9.48 Å². The molecule has 0 atom stereocenters. The zero-order valence-electron chi connectivity index (χ0n) is 14.3. The monoisotopic (exact) mass is 327 g/mol. The van der Waals surface area contributed by atoms with Crippen LogP contribution in [0.25, 0.3) is 0 Å². The van der Waals surface area contributed by atoms with Crippen LogP contribution in [0.5, 0.6) is 0 Å². The molecule has 0 bridgehead atoms. The van der Waals surface area contributed by atoms with Gasteiger partial charge in [0.15, 0.2) is 0 Å². The molecule has 1 aliphatic carbocycles. The number of carbonyl (C=O) groups is 1. The van der Waals surface area contributed by atoms with Gasteiger partial charge in [0, 0.05) is 18.5 Å². The van der Waals surface area contributed by atoms with E-state index < -0.39 is 0 Å². The minimum Gasteiger partial charge on any atom is -0.392 e. The van der Waals surface area contributed by atoms with Crippen molar-refractivity contribution in [3.8, 4) is 0 Å². The van der Waals surface area contributed by atoms with E-state index >= 15 is 0 Å². The minimum atomic E-state index is -0.0317. The van der Waals surface area contributed by atoms with Gasteiger partial charge >= 0.3 is 0 Å². The topological polar surface area (TPSA) is 67.2 Å². The van der Waals surface area contributed by atoms with Crippen molar-refractivity contribution < 1.29 is 9.90 Å². The van der Waals surface area contributed by atoms with Crippen LogP contribution >= 0.6 is 0 Å². The number of rotatable bonds is 7. The Hall–Kier alpha value is -2.14. The molecular weight excluding hydrogens is 302 g/mol. The third kappa shape index (κ3) is 3.67. The average molecular weight is 327 g/mol. The number of aromatic nitrogens is 2. The van der Waals surface area contributed by atoms with Gasteiger partial charge in [0.05, 0.1) is 24.1 Å². The summed E-state index contributed by atoms with van der Waals surface area (Å²) in [6.07, 6.45) is 4.78. The van der Waals surface area contributed by atoms with E-state index in [1.54, 1.807) is 6.20 Å². The van der Waals surface area contributed by atoms with Crippen molar-refractivity contribution in [2.24, 2.45) is 0 Å². The Balaban J connectivity index is 1.61. The largest absolute Gasteiger partial charge is 0.392 e. The second-order valence-corrected chi connectivity index (χ2v) is 6.74. The zero-order valence-corrected chi connectivity index (χ0v) is 14.3. The lowest BCUT2D eigenvalue weighted by Gasteiger charge is -2.12. The number of hydrogen-bond donors (Lipinski definition) is 2. The van der Waals surface area contributed by atoms with Crippen LogP contribution < -0.4 is 5.32 Å². The summed E-state index contributed by atoms with van der Waals surface area (Å²) in [6, 6.07) is 8.07. The number of nitrogens with one attached hydrogen (secondary N) is 1. The Labute approximate surface area is 142 Å². The summed E-state index contributed by atoms with van der Waals surface area (Å²) in [5.74, 6) is 0.456. The summed E-state index contributed by atoms with van der Waals surface area (Å²) in [7, 11) is 0. The summed E-state index contributed by atoms with van der Waals surface area (Å²) in [5, 5.41) is 16.5. The number of aliphatic hydroxyl groups excluding tert-OH is 1. The van der Waals surface area contributed by atoms with Gasteiger partial charge in [0.1, 0.15) is 0 Å². The molecule has 24 heavy (non-hydrogen) atoms. The van der Waals surface area contributed by atoms with Gasteiger partial charge in [-0.05, 0) is 44.2 Å². The third-order valence-corrected chi connectivity index (χ3v) is 4.44. The molecule has 5 nitrogen and oxygen atoms in total. The number of amides is 1. The number of carbonyl (C=O) groups excluding carboxylic acids is 1. The summed E-state index contributed by atoms with van der Waals surface area (Å²) < 4.78 is 1.99. The van der Waals surface area contributed by atoms with Crippen LogP contribution in [0.3, 0.4) is 0 Å². The predicted octanol–water partition coefficient (Wildman–Crippen LogP) is 2.81. The van der Waals surface area contributed by atoms with Gasteiger partial charge in [-0.15, -0.1) is 0 Å². The lowest BCUT2D eigenvalue weighted by Crippen LogP contribution is -2.26. The Bertz CT molecular complexity index is 700. The molecule has 1 amide bonds. The van der Waals surface area contributed by atoms with Crippen molar-refractivity contribution >= 4 is 5.91 Å². The van der Waals surface area contributed by atoms with E-state index in [9.17, 15) is 4.79 Å². The molecule has 1 aliphatic rings. The normalized spacial score (nSPS) is 14.2. The first-order chi connectivity index (χ1) is 11.6. The van der Waals surface area contributed by atoms with Gasteiger partial charge in [0.2, 0.25) is 0 Å². The molecule has 0 unspecified atom stereocenters. The predicted molar refractivity (Wildman–Crippen MR) is 93.0 cm³/mol. The minimum absolute atomic E-state index is 0.0317. The molecule has 0 aliphatic heterocycles. The van der Waals surface area contributed by atoms with Crippen molar-refractivity contribution in [1.82, 2.24) is 15.1 Å². The second-order valence-electron chi connectivity index (χ2n) is 6.74. The fraction of sp³-hybridized carbons (Fsp3) is 0.474. The summed E-state index contributed by atoms with van der Waals surface area (Å²) in [6.45, 7) is 4.84. The molecular formula is C19H25N3O2. The molecule has 2 aromatic rings. The molecule has 1 heterocycles. The van der Waals surface area contributed by atoms with E-state index in [0.29, 0.717) is 12.5 Å². The lowest BCUT2D eigenvalue weighted by atomic mass is 10.1. The van der Waals surface area contributed by atoms with Crippen molar-refractivity contribution in [2.45, 2.75) is 51.7 Å². The van der Waals surface area contributed by atoms with Crippen molar-refractivity contribution in [1.29, 1.82) is 0 Å². The molecule has 128 valence electrons. The first-order valence-electron chi connectivity index (χ1n) is 8.64. The molecule has 1 aromatic heterocycles. The number of benzene rings is 1. The molecule has 1 fully saturated rings. The quantitative estimate of drug-likeness (QED) is 0.822. The summed E-state index contributed by atoms with van der Waals surface area (Å²) >= 11 is 0. The maximum absolute atomic E-state index is 12.5. The lowest BCUT2D eigenvalue weighted by molar-refractivity contribution is 0.0953. The van der Waals surface area contributed by atoms with Gasteiger partial charge in [0.25, 0.3) is 5.91 Å². The maximum Gasteiger partial charge on any atom is 0.254 e. The van der Waals surface area contributed by atoms with E-state index in [2.05, 4.69) is 24.3 Å². The fourth-order valence-corrected chi connectivity index (χ4v) is 2.95. The zero-order chi connectivity index (χ0) is 17.1. The SMILES string of the molecule is CC(C)n1ncc(C(=O)NCCc2ccc(CO)cc2)c1C1CC1. The number of hydrogen-bond acceptors (Lipinski definition) is 3. The Morgan fingerprint density at radius 3 is 2.54 bits per heavy atom. The highest BCUT2D eigenvalue weighted by Gasteiger charge is 2.32. The van der Waals surface area contributed by atoms with Crippen LogP contribution in [-0.2, 0) is 13.0 Å². The highest BCUT2D eigenvalue weighted by molar-refractivity contribution is 5.95. The first kappa shape index (κ1) is 16.7. The third-order valence-electron chi connectivity index (χ3n) is 4.44. The summed E-state index contributed by atoms with van der Waals surface area (Å²) in [5.41, 5.74) is 3.86. The molecule has 0 saturated heterocycles. The Morgan fingerprint density at radius 2 is 1.96 bits per heavy atom. The Kier molecular flexibility index (Phi) is 5.00. The van der Waals surface area contributed by atoms with Crippen LogP contribution in [0.1, 0.15) is 65.8 Å². The van der Waals surface area contributed by atoms with Crippen LogP contribution in [0.4, 0.5) is 0 Å². The molecule has 2 N–H and O–H groups in total. The van der Waals surface area contributed by atoms with Crippen molar-refractivity contribution in [2.75, 3.05) is 6.54 Å². The van der Waals surface area contributed by atoms with Crippen molar-refractivity contribution in [3.05, 3.63) is 52.8 Å². The highest BCUT2D eigenvalue weighted by Crippen LogP contribution is 2.42. The first-order valence-corrected chi connectivity index (χ1v) is 8.64. The van der Waals surface area contributed by atoms with E-state index in [0.717, 1.165) is 41.6 Å². The second kappa shape index (κ2) is 7.18. The smallest absolute Gasteiger partial charge is 0.254 e. The van der Waals surface area contributed by atoms with E-state index in [1.165, 1.54) is 0 Å². The van der Waals surface area contributed by atoms with Crippen LogP contribution in [0, 0.1) is 0 Å². The Morgan fingerprint density at radius 1 is 1.29 bits per heavy atom. The molecule has 1 saturated carbocycles. The molecule has 1 aromatic carbocycles. The van der Waals surface area contributed by atoms with Gasteiger partial charge in [-0.2, -0.15) is 5.10 Å². The van der Waals surface area contributed by atoms with Gasteiger partial charge in [-0.1, -0.05) is 24.3 Å². The van der Waals surface area contributed by atoms with Gasteiger partial charge < -0.3 is 10.4 Å². The van der Waals surface area contributed by atoms with Crippen LogP contribution in [0.2, 0.25) is 0 Å². The van der Waals surface area contributed by atoms with Crippen LogP contribution in [-0.4, -0.2) is 27.3 Å². The van der Waals surface area contributed by atoms with Gasteiger partial charge in [-0.25, -0.2) is 0 Å². The standard InChI is InChI=1S/C19H25N3O2/c1-13(2)22-18(16-7-8-16)17(11-21-22)19(24)20-10-9-14-3-5-15(12-23)6-4-14/h3-6,11,13,16,23H,7-10,12H2,1-2H3,(H,20,24). The van der Waals surface area contributed by atoms with E-state index in [1.807, 2.05) is 28.9 Å². The highest BCUT2D eigenvalue weighted by atomic mass is 16.3. The molecule has 0 spiro atoms. The summed E-state index contributed by atoms with van der Waals surface area (Å²) in [4.78, 5) is 12.5. The van der Waals surface area contributed by atoms with E-state index in [4.69, 9.17) is 5.11 Å². The molecule has 0 radical (unpaired) electrons. The molecule has 3 rings (SSSR count). The molecule has 5 heteroatoms. The fourth-order valence-electron chi connectivity index (χ4n) is 2.95. The number of aliphatic hydroxyl groups is 1. The maximum atomic E-state index is 12.5. The number of nitrogens with zero attached hydrogens (tertiary/aromatic N) is 2. The van der Waals surface area contributed by atoms with E-state index in [-0.39, 0.29) is 18.6 Å². The van der Waals surface area contributed by atoms with Crippen molar-refractivity contribution in [3.63, 3.8) is 0 Å². The van der Waals surface area contributed by atoms with Crippen LogP contribution in [0.15, 0.2) is 30.5 Å². The average Bonchev–Trinajstić information content (AvgIpc) is 3.32.